The summed E-state index contributed by atoms with van der Waals surface area (Å²) < 4.78 is 2.28. The van der Waals surface area contributed by atoms with Gasteiger partial charge >= 0.3 is 0 Å². The third kappa shape index (κ3) is 4.91. The third-order valence-corrected chi connectivity index (χ3v) is 5.10. The molecule has 2 aromatic rings. The average Bonchev–Trinajstić information content (AvgIpc) is 2.77. The second-order valence-corrected chi connectivity index (χ2v) is 7.14. The monoisotopic (exact) mass is 402 g/mol. The zero-order valence-electron chi connectivity index (χ0n) is 10.7. The highest BCUT2D eigenvalue weighted by molar-refractivity contribution is 9.10. The van der Waals surface area contributed by atoms with Gasteiger partial charge in [-0.1, -0.05) is 12.1 Å². The lowest BCUT2D eigenvalue weighted by atomic mass is 10.3. The predicted octanol–water partition coefficient (Wildman–Crippen LogP) is 4.82. The average molecular weight is 404 g/mol. The van der Waals surface area contributed by atoms with E-state index in [1.165, 1.54) is 9.35 Å². The highest BCUT2D eigenvalue weighted by Gasteiger charge is 2.03. The topological polar surface area (TPSA) is 15.3 Å². The minimum Gasteiger partial charge on any atom is -0.383 e. The number of hydrogen-bond acceptors (Lipinski definition) is 3. The van der Waals surface area contributed by atoms with E-state index >= 15 is 0 Å². The highest BCUT2D eigenvalue weighted by Crippen LogP contribution is 2.22. The quantitative estimate of drug-likeness (QED) is 0.743. The van der Waals surface area contributed by atoms with Crippen molar-refractivity contribution < 1.29 is 0 Å². The van der Waals surface area contributed by atoms with E-state index < -0.39 is 0 Å². The molecule has 0 unspecified atom stereocenters. The standard InChI is InChI=1S/C14H16Br2N2S/c1-18(9-12-8-11(15)10-19-12)7-6-17-14-5-3-2-4-13(14)16/h2-5,8,10,17H,6-7,9H2,1H3. The van der Waals surface area contributed by atoms with Gasteiger partial charge in [-0.15, -0.1) is 11.3 Å². The lowest BCUT2D eigenvalue weighted by Gasteiger charge is -2.16. The normalized spacial score (nSPS) is 10.9. The van der Waals surface area contributed by atoms with E-state index in [1.54, 1.807) is 11.3 Å². The van der Waals surface area contributed by atoms with Crippen molar-refractivity contribution >= 4 is 48.9 Å². The van der Waals surface area contributed by atoms with Crippen molar-refractivity contribution in [3.05, 3.63) is 49.5 Å². The summed E-state index contributed by atoms with van der Waals surface area (Å²) in [4.78, 5) is 3.71. The second-order valence-electron chi connectivity index (χ2n) is 4.38. The molecule has 0 bridgehead atoms. The molecule has 0 atom stereocenters. The van der Waals surface area contributed by atoms with E-state index in [0.29, 0.717) is 0 Å². The van der Waals surface area contributed by atoms with Gasteiger partial charge in [0, 0.05) is 44.5 Å². The summed E-state index contributed by atoms with van der Waals surface area (Å²) in [6.07, 6.45) is 0. The van der Waals surface area contributed by atoms with Crippen molar-refractivity contribution in [2.75, 3.05) is 25.5 Å². The van der Waals surface area contributed by atoms with Gasteiger partial charge in [0.15, 0.2) is 0 Å². The number of nitrogens with zero attached hydrogens (tertiary/aromatic N) is 1. The van der Waals surface area contributed by atoms with Crippen molar-refractivity contribution in [2.24, 2.45) is 0 Å². The Morgan fingerprint density at radius 3 is 2.74 bits per heavy atom. The Kier molecular flexibility index (Phi) is 5.88. The molecule has 1 heterocycles. The number of rotatable bonds is 6. The van der Waals surface area contributed by atoms with Crippen molar-refractivity contribution in [1.29, 1.82) is 0 Å². The summed E-state index contributed by atoms with van der Waals surface area (Å²) in [6, 6.07) is 10.4. The Balaban J connectivity index is 1.75. The number of thiophene rings is 1. The Bertz CT molecular complexity index is 528. The van der Waals surface area contributed by atoms with Crippen LogP contribution in [0.2, 0.25) is 0 Å². The molecule has 5 heteroatoms. The Labute approximate surface area is 135 Å². The molecule has 0 aliphatic heterocycles. The fraction of sp³-hybridized carbons (Fsp3) is 0.286. The molecule has 0 saturated heterocycles. The van der Waals surface area contributed by atoms with Crippen LogP contribution in [0.1, 0.15) is 4.88 Å². The minimum absolute atomic E-state index is 0.936. The van der Waals surface area contributed by atoms with Crippen LogP contribution in [0.5, 0.6) is 0 Å². The van der Waals surface area contributed by atoms with Gasteiger partial charge in [-0.05, 0) is 57.1 Å². The maximum Gasteiger partial charge on any atom is 0.0485 e. The van der Waals surface area contributed by atoms with Crippen molar-refractivity contribution in [3.63, 3.8) is 0 Å². The Morgan fingerprint density at radius 2 is 2.05 bits per heavy atom. The molecule has 0 aliphatic rings. The van der Waals surface area contributed by atoms with E-state index in [4.69, 9.17) is 0 Å². The summed E-state index contributed by atoms with van der Waals surface area (Å²) >= 11 is 8.82. The molecular weight excluding hydrogens is 388 g/mol. The highest BCUT2D eigenvalue weighted by atomic mass is 79.9. The van der Waals surface area contributed by atoms with Gasteiger partial charge in [-0.2, -0.15) is 0 Å². The van der Waals surface area contributed by atoms with Crippen LogP contribution in [-0.2, 0) is 6.54 Å². The molecule has 2 nitrogen and oxygen atoms in total. The summed E-state index contributed by atoms with van der Waals surface area (Å²) in [7, 11) is 2.15. The van der Waals surface area contributed by atoms with Crippen LogP contribution >= 0.6 is 43.2 Å². The van der Waals surface area contributed by atoms with Crippen LogP contribution in [0, 0.1) is 0 Å². The first-order valence-corrected chi connectivity index (χ1v) is 8.51. The molecule has 1 aromatic carbocycles. The molecule has 102 valence electrons. The van der Waals surface area contributed by atoms with Gasteiger partial charge in [0.1, 0.15) is 0 Å². The predicted molar refractivity (Wildman–Crippen MR) is 91.0 cm³/mol. The van der Waals surface area contributed by atoms with E-state index in [0.717, 1.165) is 29.8 Å². The number of benzene rings is 1. The smallest absolute Gasteiger partial charge is 0.0485 e. The third-order valence-electron chi connectivity index (χ3n) is 2.73. The summed E-state index contributed by atoms with van der Waals surface area (Å²) in [5, 5.41) is 5.57. The SMILES string of the molecule is CN(CCNc1ccccc1Br)Cc1cc(Br)cs1. The zero-order valence-corrected chi connectivity index (χ0v) is 14.7. The fourth-order valence-corrected chi connectivity index (χ4v) is 3.72. The molecule has 0 fully saturated rings. The molecule has 2 rings (SSSR count). The molecule has 0 aliphatic carbocycles. The molecule has 1 N–H and O–H groups in total. The van der Waals surface area contributed by atoms with Crippen molar-refractivity contribution in [2.45, 2.75) is 6.54 Å². The van der Waals surface area contributed by atoms with Crippen molar-refractivity contribution in [1.82, 2.24) is 4.90 Å². The van der Waals surface area contributed by atoms with Crippen LogP contribution in [0.25, 0.3) is 0 Å². The van der Waals surface area contributed by atoms with Crippen LogP contribution in [0.15, 0.2) is 44.7 Å². The fourth-order valence-electron chi connectivity index (χ4n) is 1.77. The lowest BCUT2D eigenvalue weighted by molar-refractivity contribution is 0.343. The molecule has 0 radical (unpaired) electrons. The minimum atomic E-state index is 0.936. The molecule has 1 aromatic heterocycles. The number of halogens is 2. The van der Waals surface area contributed by atoms with Crippen LogP contribution < -0.4 is 5.32 Å². The Hall–Kier alpha value is -0.360. The maximum absolute atomic E-state index is 3.54. The number of para-hydroxylation sites is 1. The first-order chi connectivity index (χ1) is 9.15. The molecule has 0 amide bonds. The molecular formula is C14H16Br2N2S. The maximum atomic E-state index is 3.54. The van der Waals surface area contributed by atoms with Gasteiger partial charge in [0.2, 0.25) is 0 Å². The second kappa shape index (κ2) is 7.43. The van der Waals surface area contributed by atoms with Gasteiger partial charge in [-0.25, -0.2) is 0 Å². The largest absolute Gasteiger partial charge is 0.383 e. The van der Waals surface area contributed by atoms with Gasteiger partial charge < -0.3 is 5.32 Å². The first-order valence-electron chi connectivity index (χ1n) is 6.05. The van der Waals surface area contributed by atoms with Crippen LogP contribution in [-0.4, -0.2) is 25.0 Å². The summed E-state index contributed by atoms with van der Waals surface area (Å²) in [6.45, 7) is 2.94. The molecule has 19 heavy (non-hydrogen) atoms. The van der Waals surface area contributed by atoms with Gasteiger partial charge in [0.25, 0.3) is 0 Å². The van der Waals surface area contributed by atoms with Gasteiger partial charge in [-0.3, -0.25) is 4.90 Å². The number of hydrogen-bond donors (Lipinski definition) is 1. The summed E-state index contributed by atoms with van der Waals surface area (Å²) in [5.41, 5.74) is 1.15. The van der Waals surface area contributed by atoms with E-state index in [2.05, 4.69) is 72.7 Å². The lowest BCUT2D eigenvalue weighted by Crippen LogP contribution is -2.24. The van der Waals surface area contributed by atoms with Crippen molar-refractivity contribution in [3.8, 4) is 0 Å². The van der Waals surface area contributed by atoms with Gasteiger partial charge in [0.05, 0.1) is 0 Å². The van der Waals surface area contributed by atoms with Crippen LogP contribution in [0.3, 0.4) is 0 Å². The van der Waals surface area contributed by atoms with E-state index in [-0.39, 0.29) is 0 Å². The Morgan fingerprint density at radius 1 is 1.26 bits per heavy atom. The molecule has 0 saturated carbocycles. The van der Waals surface area contributed by atoms with E-state index in [1.807, 2.05) is 12.1 Å². The summed E-state index contributed by atoms with van der Waals surface area (Å²) in [5.74, 6) is 0. The zero-order chi connectivity index (χ0) is 13.7. The number of likely N-dealkylation sites (N-methyl/N-ethyl adjacent to an activating group) is 1. The first kappa shape index (κ1) is 15.0. The van der Waals surface area contributed by atoms with E-state index in [9.17, 15) is 0 Å². The number of anilines is 1. The molecule has 0 spiro atoms. The van der Waals surface area contributed by atoms with Crippen LogP contribution in [0.4, 0.5) is 5.69 Å². The number of nitrogens with one attached hydrogen (secondary N) is 1.